The highest BCUT2D eigenvalue weighted by molar-refractivity contribution is 5.94. The fraction of sp³-hybridized carbons (Fsp3) is 0.385. The van der Waals surface area contributed by atoms with Crippen LogP contribution in [-0.4, -0.2) is 11.8 Å². The molecule has 1 atom stereocenters. The van der Waals surface area contributed by atoms with E-state index in [0.717, 1.165) is 16.8 Å². The smallest absolute Gasteiger partial charge is 0.227 e. The first-order valence-corrected chi connectivity index (χ1v) is 5.56. The minimum atomic E-state index is -0.465. The van der Waals surface area contributed by atoms with Crippen LogP contribution in [0.25, 0.3) is 0 Å². The minimum absolute atomic E-state index is 0.0661. The van der Waals surface area contributed by atoms with E-state index in [-0.39, 0.29) is 12.3 Å². The zero-order chi connectivity index (χ0) is 13.0. The standard InChI is InChI=1S/C13H18N2O2/c1-8-4-9(2)6-11(5-8)15-13(17)10(3)7-12(14)16/h4-6,10H,7H2,1-3H3,(H2,14,16)(H,15,17). The fourth-order valence-corrected chi connectivity index (χ4v) is 1.71. The molecule has 1 unspecified atom stereocenters. The Labute approximate surface area is 101 Å². The van der Waals surface area contributed by atoms with Gasteiger partial charge in [0.25, 0.3) is 0 Å². The van der Waals surface area contributed by atoms with Gasteiger partial charge in [0.2, 0.25) is 11.8 Å². The summed E-state index contributed by atoms with van der Waals surface area (Å²) in [6, 6.07) is 5.81. The Hall–Kier alpha value is -1.84. The highest BCUT2D eigenvalue weighted by Gasteiger charge is 2.15. The van der Waals surface area contributed by atoms with Crippen LogP contribution in [0.3, 0.4) is 0 Å². The maximum atomic E-state index is 11.8. The lowest BCUT2D eigenvalue weighted by Gasteiger charge is -2.11. The van der Waals surface area contributed by atoms with Gasteiger partial charge in [-0.25, -0.2) is 0 Å². The molecule has 0 bridgehead atoms. The summed E-state index contributed by atoms with van der Waals surface area (Å²) in [6.45, 7) is 5.62. The first kappa shape index (κ1) is 13.2. The van der Waals surface area contributed by atoms with Crippen molar-refractivity contribution in [3.63, 3.8) is 0 Å². The second-order valence-corrected chi connectivity index (χ2v) is 4.44. The van der Waals surface area contributed by atoms with Gasteiger partial charge in [-0.1, -0.05) is 13.0 Å². The molecule has 1 aromatic rings. The monoisotopic (exact) mass is 234 g/mol. The van der Waals surface area contributed by atoms with E-state index in [0.29, 0.717) is 0 Å². The highest BCUT2D eigenvalue weighted by atomic mass is 16.2. The zero-order valence-corrected chi connectivity index (χ0v) is 10.4. The molecule has 92 valence electrons. The number of carbonyl (C=O) groups excluding carboxylic acids is 2. The van der Waals surface area contributed by atoms with Crippen LogP contribution in [0, 0.1) is 19.8 Å². The van der Waals surface area contributed by atoms with Crippen LogP contribution in [0.1, 0.15) is 24.5 Å². The topological polar surface area (TPSA) is 72.2 Å². The fourth-order valence-electron chi connectivity index (χ4n) is 1.71. The van der Waals surface area contributed by atoms with Crippen LogP contribution < -0.4 is 11.1 Å². The van der Waals surface area contributed by atoms with Gasteiger partial charge in [-0.3, -0.25) is 9.59 Å². The van der Waals surface area contributed by atoms with Crippen LogP contribution in [-0.2, 0) is 9.59 Å². The summed E-state index contributed by atoms with van der Waals surface area (Å²) in [5.41, 5.74) is 7.98. The number of primary amides is 1. The number of benzene rings is 1. The van der Waals surface area contributed by atoms with Gasteiger partial charge in [-0.2, -0.15) is 0 Å². The van der Waals surface area contributed by atoms with Gasteiger partial charge in [0.05, 0.1) is 0 Å². The number of aryl methyl sites for hydroxylation is 2. The first-order chi connectivity index (χ1) is 7.88. The molecule has 0 saturated carbocycles. The van der Waals surface area contributed by atoms with Crippen molar-refractivity contribution in [2.24, 2.45) is 11.7 Å². The minimum Gasteiger partial charge on any atom is -0.370 e. The van der Waals surface area contributed by atoms with E-state index in [4.69, 9.17) is 5.73 Å². The molecule has 17 heavy (non-hydrogen) atoms. The largest absolute Gasteiger partial charge is 0.370 e. The lowest BCUT2D eigenvalue weighted by molar-refractivity contribution is -0.125. The van der Waals surface area contributed by atoms with E-state index in [1.165, 1.54) is 0 Å². The number of hydrogen-bond acceptors (Lipinski definition) is 2. The average molecular weight is 234 g/mol. The summed E-state index contributed by atoms with van der Waals surface area (Å²) >= 11 is 0. The van der Waals surface area contributed by atoms with Crippen LogP contribution >= 0.6 is 0 Å². The van der Waals surface area contributed by atoms with Crippen LogP contribution in [0.5, 0.6) is 0 Å². The van der Waals surface area contributed by atoms with Gasteiger partial charge < -0.3 is 11.1 Å². The van der Waals surface area contributed by atoms with Gasteiger partial charge in [-0.15, -0.1) is 0 Å². The van der Waals surface area contributed by atoms with Crippen LogP contribution in [0.4, 0.5) is 5.69 Å². The summed E-state index contributed by atoms with van der Waals surface area (Å²) in [5, 5.41) is 2.78. The Balaban J connectivity index is 2.70. The molecule has 3 N–H and O–H groups in total. The van der Waals surface area contributed by atoms with Crippen molar-refractivity contribution >= 4 is 17.5 Å². The van der Waals surface area contributed by atoms with Crippen molar-refractivity contribution in [2.75, 3.05) is 5.32 Å². The molecule has 0 aliphatic heterocycles. The van der Waals surface area contributed by atoms with E-state index in [1.54, 1.807) is 6.92 Å². The predicted octanol–water partition coefficient (Wildman–Crippen LogP) is 1.75. The van der Waals surface area contributed by atoms with Crippen molar-refractivity contribution in [1.82, 2.24) is 0 Å². The molecule has 4 nitrogen and oxygen atoms in total. The zero-order valence-electron chi connectivity index (χ0n) is 10.4. The van der Waals surface area contributed by atoms with Gasteiger partial charge in [0.1, 0.15) is 0 Å². The third kappa shape index (κ3) is 4.26. The molecule has 4 heteroatoms. The van der Waals surface area contributed by atoms with E-state index in [2.05, 4.69) is 5.32 Å². The van der Waals surface area contributed by atoms with Crippen LogP contribution in [0.2, 0.25) is 0 Å². The Morgan fingerprint density at radius 3 is 2.24 bits per heavy atom. The van der Waals surface area contributed by atoms with Crippen molar-refractivity contribution in [2.45, 2.75) is 27.2 Å². The summed E-state index contributed by atoms with van der Waals surface area (Å²) in [6.07, 6.45) is 0.0661. The molecule has 0 spiro atoms. The highest BCUT2D eigenvalue weighted by Crippen LogP contribution is 2.15. The molecule has 0 saturated heterocycles. The first-order valence-electron chi connectivity index (χ1n) is 5.56. The molecule has 2 amide bonds. The maximum Gasteiger partial charge on any atom is 0.227 e. The molecule has 0 heterocycles. The summed E-state index contributed by atoms with van der Waals surface area (Å²) < 4.78 is 0. The molecular weight excluding hydrogens is 216 g/mol. The van der Waals surface area contributed by atoms with Gasteiger partial charge in [-0.05, 0) is 37.1 Å². The summed E-state index contributed by atoms with van der Waals surface area (Å²) in [5.74, 6) is -1.06. The van der Waals surface area contributed by atoms with Crippen molar-refractivity contribution in [3.05, 3.63) is 29.3 Å². The number of nitrogens with one attached hydrogen (secondary N) is 1. The van der Waals surface area contributed by atoms with E-state index in [1.807, 2.05) is 32.0 Å². The van der Waals surface area contributed by atoms with Gasteiger partial charge >= 0.3 is 0 Å². The van der Waals surface area contributed by atoms with Crippen molar-refractivity contribution in [3.8, 4) is 0 Å². The SMILES string of the molecule is Cc1cc(C)cc(NC(=O)C(C)CC(N)=O)c1. The number of hydrogen-bond donors (Lipinski definition) is 2. The van der Waals surface area contributed by atoms with Crippen molar-refractivity contribution in [1.29, 1.82) is 0 Å². The normalized spacial score (nSPS) is 11.9. The second-order valence-electron chi connectivity index (χ2n) is 4.44. The maximum absolute atomic E-state index is 11.8. The molecule has 0 fully saturated rings. The van der Waals surface area contributed by atoms with E-state index >= 15 is 0 Å². The van der Waals surface area contributed by atoms with Crippen molar-refractivity contribution < 1.29 is 9.59 Å². The van der Waals surface area contributed by atoms with E-state index in [9.17, 15) is 9.59 Å². The molecule has 0 aromatic heterocycles. The second kappa shape index (κ2) is 5.48. The molecule has 1 rings (SSSR count). The Kier molecular flexibility index (Phi) is 4.26. The number of rotatable bonds is 4. The quantitative estimate of drug-likeness (QED) is 0.833. The lowest BCUT2D eigenvalue weighted by Crippen LogP contribution is -2.25. The average Bonchev–Trinajstić information content (AvgIpc) is 2.14. The predicted molar refractivity (Wildman–Crippen MR) is 67.5 cm³/mol. The molecule has 0 aliphatic carbocycles. The Morgan fingerprint density at radius 1 is 1.24 bits per heavy atom. The number of nitrogens with two attached hydrogens (primary N) is 1. The third-order valence-electron chi connectivity index (χ3n) is 2.44. The third-order valence-corrected chi connectivity index (χ3v) is 2.44. The molecular formula is C13H18N2O2. The molecule has 0 radical (unpaired) electrons. The van der Waals surface area contributed by atoms with Gasteiger partial charge in [0.15, 0.2) is 0 Å². The number of amides is 2. The molecule has 1 aromatic carbocycles. The number of anilines is 1. The molecule has 0 aliphatic rings. The number of carbonyl (C=O) groups is 2. The Bertz CT molecular complexity index is 421. The summed E-state index contributed by atoms with van der Waals surface area (Å²) in [7, 11) is 0. The van der Waals surface area contributed by atoms with Gasteiger partial charge in [0, 0.05) is 18.0 Å². The lowest BCUT2D eigenvalue weighted by atomic mass is 10.1. The Morgan fingerprint density at radius 2 is 1.76 bits per heavy atom. The summed E-state index contributed by atoms with van der Waals surface area (Å²) in [4.78, 5) is 22.5. The van der Waals surface area contributed by atoms with E-state index < -0.39 is 11.8 Å². The van der Waals surface area contributed by atoms with Crippen LogP contribution in [0.15, 0.2) is 18.2 Å².